The van der Waals surface area contributed by atoms with Crippen LogP contribution in [0.25, 0.3) is 0 Å². The number of fused-ring (bicyclic) bond motifs is 1. The molecule has 1 aromatic heterocycles. The topological polar surface area (TPSA) is 48.3 Å². The number of para-hydroxylation sites is 2. The minimum absolute atomic E-state index is 0.0122. The maximum absolute atomic E-state index is 6.10. The molecular weight excluding hydrogens is 266 g/mol. The second-order valence-corrected chi connectivity index (χ2v) is 5.26. The van der Waals surface area contributed by atoms with Crippen molar-refractivity contribution in [3.8, 4) is 11.5 Å². The molecule has 3 rings (SSSR count). The SMILES string of the molecule is CCNC(Cc1ccn(C)n1)C1COc2ccccc2O1. The highest BCUT2D eigenvalue weighted by molar-refractivity contribution is 5.40. The Hall–Kier alpha value is -2.01. The molecule has 2 aromatic rings. The Morgan fingerprint density at radius 3 is 2.86 bits per heavy atom. The van der Waals surface area contributed by atoms with Crippen LogP contribution in [0.1, 0.15) is 12.6 Å². The molecule has 0 bridgehead atoms. The van der Waals surface area contributed by atoms with Crippen LogP contribution in [-0.4, -0.2) is 35.1 Å². The molecule has 0 radical (unpaired) electrons. The number of ether oxygens (including phenoxy) is 2. The number of benzene rings is 1. The average Bonchev–Trinajstić information content (AvgIpc) is 2.91. The van der Waals surface area contributed by atoms with Gasteiger partial charge in [0, 0.05) is 19.7 Å². The van der Waals surface area contributed by atoms with E-state index in [1.165, 1.54) is 0 Å². The van der Waals surface area contributed by atoms with Crippen LogP contribution in [0.2, 0.25) is 0 Å². The Bertz CT molecular complexity index is 597. The Morgan fingerprint density at radius 1 is 1.33 bits per heavy atom. The average molecular weight is 287 g/mol. The van der Waals surface area contributed by atoms with Gasteiger partial charge in [0.25, 0.3) is 0 Å². The molecule has 0 aliphatic carbocycles. The van der Waals surface area contributed by atoms with Crippen LogP contribution in [0, 0.1) is 0 Å². The summed E-state index contributed by atoms with van der Waals surface area (Å²) < 4.78 is 13.7. The third kappa shape index (κ3) is 3.19. The van der Waals surface area contributed by atoms with Gasteiger partial charge in [-0.1, -0.05) is 19.1 Å². The molecule has 0 spiro atoms. The second-order valence-electron chi connectivity index (χ2n) is 5.26. The summed E-state index contributed by atoms with van der Waals surface area (Å²) in [6.45, 7) is 3.55. The van der Waals surface area contributed by atoms with Crippen molar-refractivity contribution in [2.75, 3.05) is 13.2 Å². The van der Waals surface area contributed by atoms with E-state index in [4.69, 9.17) is 9.47 Å². The number of nitrogens with one attached hydrogen (secondary N) is 1. The standard InChI is InChI=1S/C16H21N3O2/c1-3-17-13(10-12-8-9-19(2)18-12)16-11-20-14-6-4-5-7-15(14)21-16/h4-9,13,16-17H,3,10-11H2,1-2H3. The molecule has 1 N–H and O–H groups in total. The van der Waals surface area contributed by atoms with Gasteiger partial charge >= 0.3 is 0 Å². The number of aryl methyl sites for hydroxylation is 1. The van der Waals surface area contributed by atoms with Gasteiger partial charge in [-0.25, -0.2) is 0 Å². The van der Waals surface area contributed by atoms with Crippen LogP contribution in [0.4, 0.5) is 0 Å². The Balaban J connectivity index is 1.72. The zero-order valence-corrected chi connectivity index (χ0v) is 12.5. The van der Waals surface area contributed by atoms with Crippen molar-refractivity contribution in [3.63, 3.8) is 0 Å². The number of hydrogen-bond donors (Lipinski definition) is 1. The summed E-state index contributed by atoms with van der Waals surface area (Å²) in [5, 5.41) is 7.94. The number of aromatic nitrogens is 2. The van der Waals surface area contributed by atoms with E-state index in [0.717, 1.165) is 30.2 Å². The maximum atomic E-state index is 6.10. The molecule has 21 heavy (non-hydrogen) atoms. The maximum Gasteiger partial charge on any atom is 0.161 e. The molecular formula is C16H21N3O2. The van der Waals surface area contributed by atoms with Crippen LogP contribution >= 0.6 is 0 Å². The van der Waals surface area contributed by atoms with E-state index in [9.17, 15) is 0 Å². The zero-order valence-electron chi connectivity index (χ0n) is 12.5. The smallest absolute Gasteiger partial charge is 0.161 e. The number of hydrogen-bond acceptors (Lipinski definition) is 4. The minimum atomic E-state index is -0.0122. The van der Waals surface area contributed by atoms with E-state index in [1.807, 2.05) is 48.3 Å². The predicted octanol–water partition coefficient (Wildman–Crippen LogP) is 1.78. The summed E-state index contributed by atoms with van der Waals surface area (Å²) in [5.41, 5.74) is 1.06. The summed E-state index contributed by atoms with van der Waals surface area (Å²) in [6, 6.07) is 10.0. The molecule has 2 heterocycles. The number of likely N-dealkylation sites (N-methyl/N-ethyl adjacent to an activating group) is 1. The van der Waals surface area contributed by atoms with Gasteiger partial charge < -0.3 is 14.8 Å². The summed E-state index contributed by atoms with van der Waals surface area (Å²) >= 11 is 0. The van der Waals surface area contributed by atoms with Gasteiger partial charge in [-0.05, 0) is 24.7 Å². The molecule has 2 atom stereocenters. The molecule has 1 aromatic carbocycles. The highest BCUT2D eigenvalue weighted by atomic mass is 16.6. The van der Waals surface area contributed by atoms with Crippen molar-refractivity contribution >= 4 is 0 Å². The lowest BCUT2D eigenvalue weighted by Crippen LogP contribution is -2.49. The first kappa shape index (κ1) is 13.9. The first-order valence-corrected chi connectivity index (χ1v) is 7.36. The highest BCUT2D eigenvalue weighted by Crippen LogP contribution is 2.31. The van der Waals surface area contributed by atoms with Crippen molar-refractivity contribution in [2.24, 2.45) is 7.05 Å². The zero-order chi connectivity index (χ0) is 14.7. The second kappa shape index (κ2) is 6.18. The fourth-order valence-electron chi connectivity index (χ4n) is 2.63. The quantitative estimate of drug-likeness (QED) is 0.910. The molecule has 0 saturated carbocycles. The Kier molecular flexibility index (Phi) is 4.10. The minimum Gasteiger partial charge on any atom is -0.486 e. The summed E-state index contributed by atoms with van der Waals surface area (Å²) in [6.07, 6.45) is 2.78. The van der Waals surface area contributed by atoms with Crippen LogP contribution in [-0.2, 0) is 13.5 Å². The summed E-state index contributed by atoms with van der Waals surface area (Å²) in [7, 11) is 1.93. The predicted molar refractivity (Wildman–Crippen MR) is 80.7 cm³/mol. The monoisotopic (exact) mass is 287 g/mol. The lowest BCUT2D eigenvalue weighted by atomic mass is 10.0. The molecule has 0 amide bonds. The molecule has 2 unspecified atom stereocenters. The molecule has 112 valence electrons. The van der Waals surface area contributed by atoms with Crippen molar-refractivity contribution < 1.29 is 9.47 Å². The van der Waals surface area contributed by atoms with Crippen molar-refractivity contribution in [1.82, 2.24) is 15.1 Å². The Labute approximate surface area is 124 Å². The lowest BCUT2D eigenvalue weighted by Gasteiger charge is -2.32. The summed E-state index contributed by atoms with van der Waals surface area (Å²) in [4.78, 5) is 0. The van der Waals surface area contributed by atoms with Crippen molar-refractivity contribution in [3.05, 3.63) is 42.2 Å². The van der Waals surface area contributed by atoms with E-state index < -0.39 is 0 Å². The molecule has 0 fully saturated rings. The first-order valence-electron chi connectivity index (χ1n) is 7.36. The van der Waals surface area contributed by atoms with Gasteiger partial charge in [0.1, 0.15) is 12.7 Å². The first-order chi connectivity index (χ1) is 10.3. The van der Waals surface area contributed by atoms with Gasteiger partial charge in [0.2, 0.25) is 0 Å². The number of rotatable bonds is 5. The highest BCUT2D eigenvalue weighted by Gasteiger charge is 2.29. The van der Waals surface area contributed by atoms with Gasteiger partial charge in [-0.3, -0.25) is 4.68 Å². The molecule has 0 saturated heterocycles. The van der Waals surface area contributed by atoms with Crippen molar-refractivity contribution in [2.45, 2.75) is 25.5 Å². The van der Waals surface area contributed by atoms with Gasteiger partial charge in [0.05, 0.1) is 11.7 Å². The summed E-state index contributed by atoms with van der Waals surface area (Å²) in [5.74, 6) is 1.64. The largest absolute Gasteiger partial charge is 0.486 e. The van der Waals surface area contributed by atoms with E-state index >= 15 is 0 Å². The van der Waals surface area contributed by atoms with Gasteiger partial charge in [-0.2, -0.15) is 5.10 Å². The van der Waals surface area contributed by atoms with E-state index in [1.54, 1.807) is 0 Å². The van der Waals surface area contributed by atoms with Gasteiger partial charge in [0.15, 0.2) is 11.5 Å². The third-order valence-corrected chi connectivity index (χ3v) is 3.64. The number of nitrogens with zero attached hydrogens (tertiary/aromatic N) is 2. The van der Waals surface area contributed by atoms with E-state index in [-0.39, 0.29) is 12.1 Å². The Morgan fingerprint density at radius 2 is 2.14 bits per heavy atom. The van der Waals surface area contributed by atoms with Crippen LogP contribution in [0.5, 0.6) is 11.5 Å². The fourth-order valence-corrected chi connectivity index (χ4v) is 2.63. The van der Waals surface area contributed by atoms with E-state index in [2.05, 4.69) is 17.3 Å². The molecule has 1 aliphatic rings. The third-order valence-electron chi connectivity index (χ3n) is 3.64. The normalized spacial score (nSPS) is 18.5. The molecule has 1 aliphatic heterocycles. The van der Waals surface area contributed by atoms with Crippen LogP contribution < -0.4 is 14.8 Å². The van der Waals surface area contributed by atoms with Crippen molar-refractivity contribution in [1.29, 1.82) is 0 Å². The fraction of sp³-hybridized carbons (Fsp3) is 0.438. The molecule has 5 heteroatoms. The van der Waals surface area contributed by atoms with Crippen LogP contribution in [0.15, 0.2) is 36.5 Å². The van der Waals surface area contributed by atoms with Crippen LogP contribution in [0.3, 0.4) is 0 Å². The lowest BCUT2D eigenvalue weighted by molar-refractivity contribution is 0.0621. The van der Waals surface area contributed by atoms with E-state index in [0.29, 0.717) is 6.61 Å². The van der Waals surface area contributed by atoms with Gasteiger partial charge in [-0.15, -0.1) is 0 Å². The molecule has 5 nitrogen and oxygen atoms in total.